The summed E-state index contributed by atoms with van der Waals surface area (Å²) in [6.07, 6.45) is 1.53. The summed E-state index contributed by atoms with van der Waals surface area (Å²) in [6, 6.07) is 17.3. The first-order valence-electron chi connectivity index (χ1n) is 7.74. The lowest BCUT2D eigenvalue weighted by Gasteiger charge is -2.08. The summed E-state index contributed by atoms with van der Waals surface area (Å²) in [6.45, 7) is 0. The zero-order valence-electron chi connectivity index (χ0n) is 13.3. The molecule has 128 valence electrons. The number of aromatic nitrogens is 2. The number of anilines is 1. The molecule has 26 heavy (non-hydrogen) atoms. The van der Waals surface area contributed by atoms with Gasteiger partial charge in [-0.3, -0.25) is 4.79 Å². The Morgan fingerprint density at radius 2 is 1.81 bits per heavy atom. The van der Waals surface area contributed by atoms with Crippen LogP contribution in [0.5, 0.6) is 0 Å². The zero-order chi connectivity index (χ0) is 17.9. The van der Waals surface area contributed by atoms with Crippen LogP contribution in [0.1, 0.15) is 10.4 Å². The second-order valence-corrected chi connectivity index (χ2v) is 5.84. The van der Waals surface area contributed by atoms with Gasteiger partial charge in [0, 0.05) is 10.6 Å². The van der Waals surface area contributed by atoms with Crippen LogP contribution in [0.2, 0.25) is 5.02 Å². The second kappa shape index (κ2) is 6.85. The molecular weight excluding hydrogens is 354 g/mol. The molecule has 2 heterocycles. The van der Waals surface area contributed by atoms with Crippen LogP contribution >= 0.6 is 11.6 Å². The van der Waals surface area contributed by atoms with E-state index in [-0.39, 0.29) is 11.8 Å². The number of nitrogens with zero attached hydrogens (tertiary/aromatic N) is 2. The first-order chi connectivity index (χ1) is 12.7. The van der Waals surface area contributed by atoms with Gasteiger partial charge in [0.15, 0.2) is 5.76 Å². The van der Waals surface area contributed by atoms with E-state index in [9.17, 15) is 4.79 Å². The van der Waals surface area contributed by atoms with Crippen LogP contribution in [0.3, 0.4) is 0 Å². The molecule has 1 amide bonds. The number of carbonyl (C=O) groups is 1. The fourth-order valence-electron chi connectivity index (χ4n) is 2.41. The fraction of sp³-hybridized carbons (Fsp3) is 0. The van der Waals surface area contributed by atoms with Crippen molar-refractivity contribution in [2.24, 2.45) is 0 Å². The van der Waals surface area contributed by atoms with E-state index in [0.717, 1.165) is 0 Å². The average molecular weight is 366 g/mol. The first-order valence-corrected chi connectivity index (χ1v) is 8.12. The molecule has 0 fully saturated rings. The minimum atomic E-state index is -0.264. The Bertz CT molecular complexity index is 1040. The minimum absolute atomic E-state index is 0.264. The first kappa shape index (κ1) is 16.1. The van der Waals surface area contributed by atoms with Crippen LogP contribution < -0.4 is 5.32 Å². The number of rotatable bonds is 4. The highest BCUT2D eigenvalue weighted by Crippen LogP contribution is 2.29. The summed E-state index contributed by atoms with van der Waals surface area (Å²) in [5, 5.41) is 7.34. The van der Waals surface area contributed by atoms with Gasteiger partial charge in [-0.05, 0) is 48.5 Å². The van der Waals surface area contributed by atoms with Crippen molar-refractivity contribution in [3.8, 4) is 23.0 Å². The third-order valence-corrected chi connectivity index (χ3v) is 3.93. The van der Waals surface area contributed by atoms with E-state index in [0.29, 0.717) is 33.4 Å². The Morgan fingerprint density at radius 1 is 1.00 bits per heavy atom. The Labute approximate surface area is 153 Å². The lowest BCUT2D eigenvalue weighted by Crippen LogP contribution is -2.12. The molecule has 7 heteroatoms. The zero-order valence-corrected chi connectivity index (χ0v) is 14.1. The van der Waals surface area contributed by atoms with Crippen LogP contribution in [0, 0.1) is 0 Å². The Kier molecular flexibility index (Phi) is 4.25. The molecule has 0 unspecified atom stereocenters. The summed E-state index contributed by atoms with van der Waals surface area (Å²) in [4.78, 5) is 16.8. The molecule has 2 aromatic carbocycles. The summed E-state index contributed by atoms with van der Waals surface area (Å²) < 4.78 is 10.6. The van der Waals surface area contributed by atoms with E-state index >= 15 is 0 Å². The molecule has 4 rings (SSSR count). The maximum atomic E-state index is 12.5. The van der Waals surface area contributed by atoms with Crippen LogP contribution in [0.15, 0.2) is 75.9 Å². The molecule has 1 N–H and O–H groups in total. The van der Waals surface area contributed by atoms with E-state index in [1.54, 1.807) is 48.5 Å². The number of nitrogens with one attached hydrogen (secondary N) is 1. The molecule has 0 bridgehead atoms. The molecule has 0 saturated carbocycles. The standard InChI is InChI=1S/C19H12ClN3O3/c20-13-9-7-12(8-10-13)18(24)21-15-5-2-1-4-14(15)19-22-17(23-26-19)16-6-3-11-25-16/h1-11H,(H,21,24). The maximum Gasteiger partial charge on any atom is 0.260 e. The number of halogens is 1. The molecule has 0 radical (unpaired) electrons. The number of furan rings is 1. The van der Waals surface area contributed by atoms with Crippen LogP contribution in [-0.2, 0) is 0 Å². The number of para-hydroxylation sites is 1. The van der Waals surface area contributed by atoms with Crippen LogP contribution in [0.4, 0.5) is 5.69 Å². The highest BCUT2D eigenvalue weighted by atomic mass is 35.5. The van der Waals surface area contributed by atoms with Crippen LogP contribution in [-0.4, -0.2) is 16.0 Å². The molecule has 2 aromatic heterocycles. The molecule has 0 saturated heterocycles. The van der Waals surface area contributed by atoms with Gasteiger partial charge in [0.1, 0.15) is 0 Å². The van der Waals surface area contributed by atoms with Crippen molar-refractivity contribution in [2.75, 3.05) is 5.32 Å². The highest BCUT2D eigenvalue weighted by molar-refractivity contribution is 6.30. The molecule has 4 aromatic rings. The maximum absolute atomic E-state index is 12.5. The number of amides is 1. The lowest BCUT2D eigenvalue weighted by molar-refractivity contribution is 0.102. The SMILES string of the molecule is O=C(Nc1ccccc1-c1nc(-c2ccco2)no1)c1ccc(Cl)cc1. The van der Waals surface area contributed by atoms with Gasteiger partial charge in [0.2, 0.25) is 5.82 Å². The van der Waals surface area contributed by atoms with Gasteiger partial charge in [-0.2, -0.15) is 4.98 Å². The monoisotopic (exact) mass is 365 g/mol. The van der Waals surface area contributed by atoms with E-state index < -0.39 is 0 Å². The van der Waals surface area contributed by atoms with E-state index in [4.69, 9.17) is 20.5 Å². The summed E-state index contributed by atoms with van der Waals surface area (Å²) in [5.41, 5.74) is 1.66. The third kappa shape index (κ3) is 3.22. The van der Waals surface area contributed by atoms with Gasteiger partial charge in [-0.25, -0.2) is 0 Å². The summed E-state index contributed by atoms with van der Waals surface area (Å²) in [5.74, 6) is 0.856. The number of hydrogen-bond acceptors (Lipinski definition) is 5. The number of benzene rings is 2. The van der Waals surface area contributed by atoms with E-state index in [2.05, 4.69) is 15.5 Å². The predicted molar refractivity (Wildman–Crippen MR) is 96.8 cm³/mol. The van der Waals surface area contributed by atoms with Crippen molar-refractivity contribution in [1.82, 2.24) is 10.1 Å². The number of carbonyl (C=O) groups excluding carboxylic acids is 1. The molecule has 0 atom stereocenters. The fourth-order valence-corrected chi connectivity index (χ4v) is 2.54. The Morgan fingerprint density at radius 3 is 2.58 bits per heavy atom. The molecule has 0 aliphatic heterocycles. The molecule has 0 spiro atoms. The molecule has 0 aliphatic rings. The quantitative estimate of drug-likeness (QED) is 0.556. The Balaban J connectivity index is 1.63. The second-order valence-electron chi connectivity index (χ2n) is 5.41. The van der Waals surface area contributed by atoms with Gasteiger partial charge >= 0.3 is 0 Å². The number of hydrogen-bond donors (Lipinski definition) is 1. The van der Waals surface area contributed by atoms with Gasteiger partial charge in [-0.15, -0.1) is 0 Å². The average Bonchev–Trinajstić information content (AvgIpc) is 3.34. The van der Waals surface area contributed by atoms with Gasteiger partial charge < -0.3 is 14.3 Å². The van der Waals surface area contributed by atoms with Crippen molar-refractivity contribution < 1.29 is 13.7 Å². The van der Waals surface area contributed by atoms with Crippen molar-refractivity contribution >= 4 is 23.2 Å². The van der Waals surface area contributed by atoms with Crippen LogP contribution in [0.25, 0.3) is 23.0 Å². The van der Waals surface area contributed by atoms with E-state index in [1.807, 2.05) is 12.1 Å². The summed E-state index contributed by atoms with van der Waals surface area (Å²) in [7, 11) is 0. The largest absolute Gasteiger partial charge is 0.461 e. The lowest BCUT2D eigenvalue weighted by atomic mass is 10.1. The van der Waals surface area contributed by atoms with Gasteiger partial charge in [0.25, 0.3) is 11.8 Å². The Hall–Kier alpha value is -3.38. The molecule has 6 nitrogen and oxygen atoms in total. The third-order valence-electron chi connectivity index (χ3n) is 3.68. The van der Waals surface area contributed by atoms with E-state index in [1.165, 1.54) is 6.26 Å². The molecular formula is C19H12ClN3O3. The van der Waals surface area contributed by atoms with Crippen molar-refractivity contribution in [3.63, 3.8) is 0 Å². The van der Waals surface area contributed by atoms with Gasteiger partial charge in [0.05, 0.1) is 17.5 Å². The normalized spacial score (nSPS) is 10.7. The summed E-state index contributed by atoms with van der Waals surface area (Å²) >= 11 is 5.86. The van der Waals surface area contributed by atoms with Crippen molar-refractivity contribution in [1.29, 1.82) is 0 Å². The van der Waals surface area contributed by atoms with Gasteiger partial charge in [-0.1, -0.05) is 28.9 Å². The topological polar surface area (TPSA) is 81.2 Å². The highest BCUT2D eigenvalue weighted by Gasteiger charge is 2.17. The minimum Gasteiger partial charge on any atom is -0.461 e. The van der Waals surface area contributed by atoms with Crippen molar-refractivity contribution in [3.05, 3.63) is 77.5 Å². The molecule has 0 aliphatic carbocycles. The smallest absolute Gasteiger partial charge is 0.260 e. The van der Waals surface area contributed by atoms with Crippen molar-refractivity contribution in [2.45, 2.75) is 0 Å². The predicted octanol–water partition coefficient (Wildman–Crippen LogP) is 4.90.